The van der Waals surface area contributed by atoms with Crippen LogP contribution in [0.15, 0.2) is 48.5 Å². The number of carbonyl (C=O) groups excluding carboxylic acids is 1. The van der Waals surface area contributed by atoms with E-state index >= 15 is 0 Å². The maximum Gasteiger partial charge on any atom is 0.226 e. The first kappa shape index (κ1) is 21.5. The molecule has 0 aliphatic heterocycles. The molecule has 0 saturated carbocycles. The number of rotatable bonds is 7. The van der Waals surface area contributed by atoms with Gasteiger partial charge in [0.1, 0.15) is 17.4 Å². The highest BCUT2D eigenvalue weighted by Crippen LogP contribution is 2.32. The van der Waals surface area contributed by atoms with E-state index in [2.05, 4.69) is 5.10 Å². The number of amides is 1. The molecule has 2 aromatic carbocycles. The molecule has 3 rings (SSSR count). The Kier molecular flexibility index (Phi) is 6.50. The predicted octanol–water partition coefficient (Wildman–Crippen LogP) is 5.05. The highest BCUT2D eigenvalue weighted by molar-refractivity contribution is 5.76. The number of halogens is 2. The van der Waals surface area contributed by atoms with Crippen molar-refractivity contribution in [3.05, 3.63) is 71.4 Å². The van der Waals surface area contributed by atoms with Crippen molar-refractivity contribution in [3.63, 3.8) is 0 Å². The van der Waals surface area contributed by atoms with Gasteiger partial charge in [0.15, 0.2) is 0 Å². The van der Waals surface area contributed by atoms with E-state index in [0.717, 1.165) is 5.56 Å². The lowest BCUT2D eigenvalue weighted by Crippen LogP contribution is -2.33. The van der Waals surface area contributed by atoms with Crippen LogP contribution in [0.25, 0.3) is 5.69 Å². The van der Waals surface area contributed by atoms with Crippen molar-refractivity contribution >= 4 is 5.91 Å². The zero-order valence-electron chi connectivity index (χ0n) is 17.5. The molecule has 0 unspecified atom stereocenters. The Labute approximate surface area is 174 Å². The van der Waals surface area contributed by atoms with Crippen LogP contribution < -0.4 is 4.74 Å². The number of nitrogens with zero attached hydrogens (tertiary/aromatic N) is 3. The van der Waals surface area contributed by atoms with Crippen LogP contribution in [0.3, 0.4) is 0 Å². The lowest BCUT2D eigenvalue weighted by Gasteiger charge is -2.21. The summed E-state index contributed by atoms with van der Waals surface area (Å²) in [4.78, 5) is 14.2. The van der Waals surface area contributed by atoms with Crippen LogP contribution in [0.1, 0.15) is 31.5 Å². The van der Waals surface area contributed by atoms with E-state index in [9.17, 15) is 13.6 Å². The first-order valence-electron chi connectivity index (χ1n) is 9.79. The third kappa shape index (κ3) is 4.84. The Morgan fingerprint density at radius 1 is 1.07 bits per heavy atom. The minimum absolute atomic E-state index is 0.0201. The molecule has 0 N–H and O–H groups in total. The molecule has 1 aromatic heterocycles. The number of hydrogen-bond donors (Lipinski definition) is 0. The Hall–Kier alpha value is -3.22. The normalized spacial score (nSPS) is 11.0. The summed E-state index contributed by atoms with van der Waals surface area (Å²) in [6.45, 7) is 5.75. The van der Waals surface area contributed by atoms with E-state index in [1.165, 1.54) is 36.4 Å². The fourth-order valence-electron chi connectivity index (χ4n) is 3.00. The average molecular weight is 413 g/mol. The monoisotopic (exact) mass is 413 g/mol. The quantitative estimate of drug-likeness (QED) is 0.545. The fourth-order valence-corrected chi connectivity index (χ4v) is 3.00. The van der Waals surface area contributed by atoms with Crippen LogP contribution in [0.2, 0.25) is 0 Å². The van der Waals surface area contributed by atoms with Crippen molar-refractivity contribution < 1.29 is 18.3 Å². The fraction of sp³-hybridized carbons (Fsp3) is 0.304. The largest absolute Gasteiger partial charge is 0.439 e. The highest BCUT2D eigenvalue weighted by atomic mass is 19.1. The molecule has 30 heavy (non-hydrogen) atoms. The third-order valence-corrected chi connectivity index (χ3v) is 4.99. The minimum Gasteiger partial charge on any atom is -0.439 e. The molecular weight excluding hydrogens is 388 g/mol. The number of ether oxygens (including phenoxy) is 1. The van der Waals surface area contributed by atoms with Crippen LogP contribution in [0.4, 0.5) is 8.78 Å². The molecule has 0 atom stereocenters. The number of aromatic nitrogens is 2. The molecule has 0 radical (unpaired) electrons. The molecule has 1 amide bonds. The van der Waals surface area contributed by atoms with E-state index in [0.29, 0.717) is 35.9 Å². The maximum absolute atomic E-state index is 13.4. The molecule has 0 saturated heterocycles. The Balaban J connectivity index is 1.97. The second-order valence-corrected chi connectivity index (χ2v) is 7.41. The van der Waals surface area contributed by atoms with Crippen LogP contribution in [0, 0.1) is 18.6 Å². The van der Waals surface area contributed by atoms with Crippen molar-refractivity contribution in [2.75, 3.05) is 7.05 Å². The number of benzene rings is 2. The average Bonchev–Trinajstić information content (AvgIpc) is 3.02. The first-order valence-corrected chi connectivity index (χ1v) is 9.79. The van der Waals surface area contributed by atoms with Crippen molar-refractivity contribution in [2.45, 2.75) is 39.7 Å². The molecule has 5 nitrogen and oxygen atoms in total. The van der Waals surface area contributed by atoms with Crippen LogP contribution >= 0.6 is 0 Å². The summed E-state index contributed by atoms with van der Waals surface area (Å²) in [6, 6.07) is 11.6. The summed E-state index contributed by atoms with van der Waals surface area (Å²) < 4.78 is 34.3. The predicted molar refractivity (Wildman–Crippen MR) is 111 cm³/mol. The second-order valence-electron chi connectivity index (χ2n) is 7.41. The van der Waals surface area contributed by atoms with Gasteiger partial charge in [-0.3, -0.25) is 4.79 Å². The Bertz CT molecular complexity index is 1010. The third-order valence-electron chi connectivity index (χ3n) is 4.99. The second kappa shape index (κ2) is 9.07. The van der Waals surface area contributed by atoms with Gasteiger partial charge in [-0.2, -0.15) is 5.10 Å². The molecule has 3 aromatic rings. The van der Waals surface area contributed by atoms with Crippen LogP contribution in [-0.4, -0.2) is 33.7 Å². The van der Waals surface area contributed by atoms with Gasteiger partial charge < -0.3 is 9.64 Å². The molecule has 0 bridgehead atoms. The lowest BCUT2D eigenvalue weighted by molar-refractivity contribution is -0.131. The van der Waals surface area contributed by atoms with Gasteiger partial charge in [0.05, 0.1) is 11.4 Å². The van der Waals surface area contributed by atoms with Crippen molar-refractivity contribution in [3.8, 4) is 17.3 Å². The Morgan fingerprint density at radius 3 is 2.20 bits per heavy atom. The van der Waals surface area contributed by atoms with Crippen molar-refractivity contribution in [1.82, 2.24) is 14.7 Å². The first-order chi connectivity index (χ1) is 14.3. The zero-order valence-corrected chi connectivity index (χ0v) is 17.5. The molecule has 0 spiro atoms. The molecular formula is C23H25F2N3O2. The Morgan fingerprint density at radius 2 is 1.63 bits per heavy atom. The topological polar surface area (TPSA) is 47.4 Å². The van der Waals surface area contributed by atoms with Crippen LogP contribution in [0.5, 0.6) is 11.6 Å². The minimum atomic E-state index is -0.367. The highest BCUT2D eigenvalue weighted by Gasteiger charge is 2.21. The molecule has 0 aliphatic rings. The van der Waals surface area contributed by atoms with Crippen molar-refractivity contribution in [1.29, 1.82) is 0 Å². The zero-order chi connectivity index (χ0) is 21.8. The molecule has 158 valence electrons. The van der Waals surface area contributed by atoms with E-state index in [-0.39, 0.29) is 23.6 Å². The summed E-state index contributed by atoms with van der Waals surface area (Å²) in [5.41, 5.74) is 2.10. The van der Waals surface area contributed by atoms with Gasteiger partial charge in [-0.1, -0.05) is 0 Å². The van der Waals surface area contributed by atoms with Gasteiger partial charge in [0.2, 0.25) is 11.8 Å². The summed E-state index contributed by atoms with van der Waals surface area (Å²) in [6.07, 6.45) is 0.726. The number of aryl methyl sites for hydroxylation is 1. The van der Waals surface area contributed by atoms with Gasteiger partial charge in [-0.05, 0) is 75.7 Å². The van der Waals surface area contributed by atoms with Crippen LogP contribution in [-0.2, 0) is 11.2 Å². The van der Waals surface area contributed by atoms with E-state index in [1.54, 1.807) is 28.8 Å². The standard InChI is InChI=1S/C23H25F2N3O2/c1-15(2)27(4)22(29)14-13-21-16(3)26-28(19-9-5-17(24)6-10-19)23(21)30-20-11-7-18(25)8-12-20/h5-12,15H,13-14H2,1-4H3. The molecule has 0 aliphatic carbocycles. The smallest absolute Gasteiger partial charge is 0.226 e. The van der Waals surface area contributed by atoms with Crippen molar-refractivity contribution in [2.24, 2.45) is 0 Å². The molecule has 7 heteroatoms. The van der Waals surface area contributed by atoms with Gasteiger partial charge in [-0.15, -0.1) is 0 Å². The van der Waals surface area contributed by atoms with E-state index in [1.807, 2.05) is 20.8 Å². The van der Waals surface area contributed by atoms with E-state index < -0.39 is 0 Å². The lowest BCUT2D eigenvalue weighted by atomic mass is 10.1. The maximum atomic E-state index is 13.4. The summed E-state index contributed by atoms with van der Waals surface area (Å²) in [7, 11) is 1.78. The molecule has 0 fully saturated rings. The van der Waals surface area contributed by atoms with Gasteiger partial charge in [0.25, 0.3) is 0 Å². The van der Waals surface area contributed by atoms with Gasteiger partial charge >= 0.3 is 0 Å². The number of hydrogen-bond acceptors (Lipinski definition) is 3. The van der Waals surface area contributed by atoms with E-state index in [4.69, 9.17) is 4.74 Å². The number of carbonyl (C=O) groups is 1. The summed E-state index contributed by atoms with van der Waals surface area (Å²) in [5.74, 6) is 0.156. The summed E-state index contributed by atoms with van der Waals surface area (Å²) >= 11 is 0. The van der Waals surface area contributed by atoms with Gasteiger partial charge in [-0.25, -0.2) is 13.5 Å². The summed E-state index contributed by atoms with van der Waals surface area (Å²) in [5, 5.41) is 4.55. The SMILES string of the molecule is Cc1nn(-c2ccc(F)cc2)c(Oc2ccc(F)cc2)c1CCC(=O)N(C)C(C)C. The van der Waals surface area contributed by atoms with Gasteiger partial charge in [0, 0.05) is 25.1 Å². The molecule has 1 heterocycles.